The van der Waals surface area contributed by atoms with Crippen LogP contribution in [0.2, 0.25) is 5.02 Å². The van der Waals surface area contributed by atoms with Crippen LogP contribution in [-0.2, 0) is 0 Å². The predicted molar refractivity (Wildman–Crippen MR) is 84.6 cm³/mol. The minimum Gasteiger partial charge on any atom is -0.497 e. The highest BCUT2D eigenvalue weighted by Gasteiger charge is 2.20. The molecule has 0 fully saturated rings. The summed E-state index contributed by atoms with van der Waals surface area (Å²) in [6, 6.07) is 14.8. The van der Waals surface area contributed by atoms with Crippen molar-refractivity contribution in [3.05, 3.63) is 59.1 Å². The topological polar surface area (TPSA) is 56.5 Å². The van der Waals surface area contributed by atoms with E-state index in [2.05, 4.69) is 5.43 Å². The monoisotopic (exact) mass is 306 g/mol. The highest BCUT2D eigenvalue weighted by atomic mass is 35.5. The van der Waals surface area contributed by atoms with Gasteiger partial charge in [0.15, 0.2) is 0 Å². The second-order valence-corrected chi connectivity index (χ2v) is 5.14. The van der Waals surface area contributed by atoms with Crippen LogP contribution < -0.4 is 20.7 Å². The van der Waals surface area contributed by atoms with Gasteiger partial charge in [0.05, 0.1) is 13.2 Å². The molecule has 0 bridgehead atoms. The van der Waals surface area contributed by atoms with E-state index in [4.69, 9.17) is 26.9 Å². The molecule has 0 aliphatic carbocycles. The number of hydrazine groups is 1. The van der Waals surface area contributed by atoms with Crippen LogP contribution in [0, 0.1) is 0 Å². The second-order valence-electron chi connectivity index (χ2n) is 4.70. The standard InChI is InChI=1S/C16H19ClN2O2/c1-11(21-15-8-4-6-13(17)10-15)16(19-18)12-5-3-7-14(9-12)20-2/h3-11,16,19H,18H2,1-2H3. The maximum absolute atomic E-state index is 5.96. The van der Waals surface area contributed by atoms with Crippen molar-refractivity contribution in [2.24, 2.45) is 5.84 Å². The zero-order valence-corrected chi connectivity index (χ0v) is 12.8. The van der Waals surface area contributed by atoms with Gasteiger partial charge >= 0.3 is 0 Å². The van der Waals surface area contributed by atoms with Crippen LogP contribution in [0.25, 0.3) is 0 Å². The summed E-state index contributed by atoms with van der Waals surface area (Å²) in [5, 5.41) is 0.637. The Labute approximate surface area is 129 Å². The lowest BCUT2D eigenvalue weighted by Crippen LogP contribution is -2.38. The van der Waals surface area contributed by atoms with Crippen molar-refractivity contribution in [2.75, 3.05) is 7.11 Å². The Morgan fingerprint density at radius 3 is 2.48 bits per heavy atom. The van der Waals surface area contributed by atoms with Crippen molar-refractivity contribution in [1.29, 1.82) is 0 Å². The van der Waals surface area contributed by atoms with Crippen LogP contribution in [0.3, 0.4) is 0 Å². The Bertz CT molecular complexity index is 592. The van der Waals surface area contributed by atoms with Gasteiger partial charge in [-0.05, 0) is 42.8 Å². The van der Waals surface area contributed by atoms with Gasteiger partial charge in [-0.15, -0.1) is 0 Å². The Morgan fingerprint density at radius 1 is 1.10 bits per heavy atom. The maximum Gasteiger partial charge on any atom is 0.121 e. The number of methoxy groups -OCH3 is 1. The summed E-state index contributed by atoms with van der Waals surface area (Å²) >= 11 is 5.96. The molecule has 0 aliphatic rings. The Hall–Kier alpha value is -1.75. The molecule has 0 heterocycles. The molecule has 2 unspecified atom stereocenters. The number of hydrogen-bond donors (Lipinski definition) is 2. The third-order valence-corrected chi connectivity index (χ3v) is 3.46. The van der Waals surface area contributed by atoms with Crippen molar-refractivity contribution < 1.29 is 9.47 Å². The summed E-state index contributed by atoms with van der Waals surface area (Å²) in [5.41, 5.74) is 3.78. The van der Waals surface area contributed by atoms with Crippen LogP contribution in [0.4, 0.5) is 0 Å². The summed E-state index contributed by atoms with van der Waals surface area (Å²) < 4.78 is 11.1. The Kier molecular flexibility index (Phi) is 5.44. The average molecular weight is 307 g/mol. The smallest absolute Gasteiger partial charge is 0.121 e. The van der Waals surface area contributed by atoms with Crippen LogP contribution >= 0.6 is 11.6 Å². The molecule has 21 heavy (non-hydrogen) atoms. The van der Waals surface area contributed by atoms with Crippen LogP contribution in [0.1, 0.15) is 18.5 Å². The first-order valence-corrected chi connectivity index (χ1v) is 7.04. The van der Waals surface area contributed by atoms with Crippen molar-refractivity contribution in [3.8, 4) is 11.5 Å². The van der Waals surface area contributed by atoms with E-state index >= 15 is 0 Å². The molecule has 2 atom stereocenters. The largest absolute Gasteiger partial charge is 0.497 e. The number of ether oxygens (including phenoxy) is 2. The number of hydrogen-bond acceptors (Lipinski definition) is 4. The number of halogens is 1. The number of nitrogens with two attached hydrogens (primary N) is 1. The van der Waals surface area contributed by atoms with E-state index in [9.17, 15) is 0 Å². The minimum absolute atomic E-state index is 0.168. The van der Waals surface area contributed by atoms with Gasteiger partial charge in [-0.25, -0.2) is 5.43 Å². The van der Waals surface area contributed by atoms with Crippen LogP contribution in [-0.4, -0.2) is 13.2 Å². The molecule has 0 spiro atoms. The summed E-state index contributed by atoms with van der Waals surface area (Å²) in [4.78, 5) is 0. The van der Waals surface area contributed by atoms with Crippen molar-refractivity contribution >= 4 is 11.6 Å². The van der Waals surface area contributed by atoms with E-state index < -0.39 is 0 Å². The highest BCUT2D eigenvalue weighted by molar-refractivity contribution is 6.30. The first-order chi connectivity index (χ1) is 10.1. The predicted octanol–water partition coefficient (Wildman–Crippen LogP) is 3.32. The quantitative estimate of drug-likeness (QED) is 0.635. The fourth-order valence-corrected chi connectivity index (χ4v) is 2.34. The molecule has 2 rings (SSSR count). The van der Waals surface area contributed by atoms with Gasteiger partial charge in [0.2, 0.25) is 0 Å². The van der Waals surface area contributed by atoms with Gasteiger partial charge in [-0.2, -0.15) is 0 Å². The van der Waals surface area contributed by atoms with Gasteiger partial charge in [0.1, 0.15) is 17.6 Å². The molecule has 0 radical (unpaired) electrons. The summed E-state index contributed by atoms with van der Waals surface area (Å²) in [6.45, 7) is 1.95. The Balaban J connectivity index is 2.16. The lowest BCUT2D eigenvalue weighted by Gasteiger charge is -2.25. The van der Waals surface area contributed by atoms with E-state index in [1.54, 1.807) is 19.2 Å². The molecule has 0 aliphatic heterocycles. The SMILES string of the molecule is COc1cccc(C(NN)C(C)Oc2cccc(Cl)c2)c1. The summed E-state index contributed by atoms with van der Waals surface area (Å²) in [6.07, 6.45) is -0.180. The zero-order chi connectivity index (χ0) is 15.2. The number of rotatable bonds is 6. The van der Waals surface area contributed by atoms with Gasteiger partial charge < -0.3 is 9.47 Å². The zero-order valence-electron chi connectivity index (χ0n) is 12.0. The molecule has 0 saturated heterocycles. The lowest BCUT2D eigenvalue weighted by molar-refractivity contribution is 0.171. The molecule has 2 aromatic carbocycles. The van der Waals surface area contributed by atoms with E-state index in [1.165, 1.54) is 0 Å². The van der Waals surface area contributed by atoms with Crippen molar-refractivity contribution in [3.63, 3.8) is 0 Å². The van der Waals surface area contributed by atoms with Crippen molar-refractivity contribution in [2.45, 2.75) is 19.1 Å². The fraction of sp³-hybridized carbons (Fsp3) is 0.250. The van der Waals surface area contributed by atoms with E-state index in [-0.39, 0.29) is 12.1 Å². The maximum atomic E-state index is 5.96. The van der Waals surface area contributed by atoms with Crippen molar-refractivity contribution in [1.82, 2.24) is 5.43 Å². The minimum atomic E-state index is -0.180. The van der Waals surface area contributed by atoms with E-state index in [0.717, 1.165) is 11.3 Å². The molecular weight excluding hydrogens is 288 g/mol. The van der Waals surface area contributed by atoms with Crippen LogP contribution in [0.15, 0.2) is 48.5 Å². The molecule has 0 saturated carbocycles. The van der Waals surface area contributed by atoms with Gasteiger partial charge in [-0.3, -0.25) is 5.84 Å². The molecule has 4 nitrogen and oxygen atoms in total. The molecule has 112 valence electrons. The number of benzene rings is 2. The third kappa shape index (κ3) is 4.11. The first-order valence-electron chi connectivity index (χ1n) is 6.66. The normalized spacial score (nSPS) is 13.5. The molecule has 5 heteroatoms. The molecule has 2 aromatic rings. The van der Waals surface area contributed by atoms with Gasteiger partial charge in [-0.1, -0.05) is 29.8 Å². The van der Waals surface area contributed by atoms with Gasteiger partial charge in [0.25, 0.3) is 0 Å². The summed E-state index contributed by atoms with van der Waals surface area (Å²) in [5.74, 6) is 7.17. The Morgan fingerprint density at radius 2 is 1.81 bits per heavy atom. The summed E-state index contributed by atoms with van der Waals surface area (Å²) in [7, 11) is 1.63. The average Bonchev–Trinajstić information content (AvgIpc) is 2.48. The first kappa shape index (κ1) is 15.6. The molecule has 0 aromatic heterocycles. The molecule has 0 amide bonds. The van der Waals surface area contributed by atoms with Crippen LogP contribution in [0.5, 0.6) is 11.5 Å². The lowest BCUT2D eigenvalue weighted by atomic mass is 10.0. The molecule has 3 N–H and O–H groups in total. The second kappa shape index (κ2) is 7.31. The third-order valence-electron chi connectivity index (χ3n) is 3.22. The number of nitrogens with one attached hydrogen (secondary N) is 1. The molecular formula is C16H19ClN2O2. The fourth-order valence-electron chi connectivity index (χ4n) is 2.16. The van der Waals surface area contributed by atoms with E-state index in [1.807, 2.05) is 43.3 Å². The highest BCUT2D eigenvalue weighted by Crippen LogP contribution is 2.25. The van der Waals surface area contributed by atoms with E-state index in [0.29, 0.717) is 10.8 Å². The van der Waals surface area contributed by atoms with Gasteiger partial charge in [0, 0.05) is 5.02 Å².